The molecular formula is C23H22BrNO3S. The quantitative estimate of drug-likeness (QED) is 0.379. The largest absolute Gasteiger partial charge is 0.506 e. The Bertz CT molecular complexity index is 975. The summed E-state index contributed by atoms with van der Waals surface area (Å²) >= 11 is 5.02. The first kappa shape index (κ1) is 21.4. The zero-order chi connectivity index (χ0) is 20.8. The first-order valence-corrected chi connectivity index (χ1v) is 10.9. The van der Waals surface area contributed by atoms with Crippen molar-refractivity contribution >= 4 is 33.5 Å². The van der Waals surface area contributed by atoms with Crippen LogP contribution in [0, 0.1) is 5.92 Å². The topological polar surface area (TPSA) is 59.4 Å². The van der Waals surface area contributed by atoms with Crippen LogP contribution in [-0.2, 0) is 6.61 Å². The third-order valence-corrected chi connectivity index (χ3v) is 5.96. The number of ether oxygens (including phenoxy) is 1. The summed E-state index contributed by atoms with van der Waals surface area (Å²) < 4.78 is 6.24. The van der Waals surface area contributed by atoms with E-state index >= 15 is 0 Å². The lowest BCUT2D eigenvalue weighted by molar-refractivity contribution is 0.0965. The molecule has 1 aromatic heterocycles. The number of aromatic nitrogens is 1. The number of Topliss-reactive ketones (excluding diaryl/α,β-unsaturated/α-hetero) is 1. The van der Waals surface area contributed by atoms with Crippen LogP contribution in [-0.4, -0.2) is 15.9 Å². The Kier molecular flexibility index (Phi) is 7.34. The van der Waals surface area contributed by atoms with Crippen molar-refractivity contribution in [1.82, 2.24) is 4.98 Å². The number of aromatic hydroxyl groups is 1. The van der Waals surface area contributed by atoms with Gasteiger partial charge in [0.25, 0.3) is 0 Å². The van der Waals surface area contributed by atoms with E-state index < -0.39 is 0 Å². The highest BCUT2D eigenvalue weighted by molar-refractivity contribution is 9.10. The lowest BCUT2D eigenvalue weighted by Crippen LogP contribution is -2.05. The highest BCUT2D eigenvalue weighted by atomic mass is 79.9. The molecule has 0 saturated carbocycles. The van der Waals surface area contributed by atoms with Gasteiger partial charge in [-0.1, -0.05) is 37.7 Å². The molecule has 0 saturated heterocycles. The van der Waals surface area contributed by atoms with E-state index in [1.807, 2.05) is 50.2 Å². The van der Waals surface area contributed by atoms with Crippen LogP contribution in [0.4, 0.5) is 0 Å². The smallest absolute Gasteiger partial charge is 0.166 e. The van der Waals surface area contributed by atoms with Crippen molar-refractivity contribution in [2.24, 2.45) is 5.92 Å². The van der Waals surface area contributed by atoms with E-state index in [1.165, 1.54) is 0 Å². The molecule has 0 bridgehead atoms. The molecule has 1 N–H and O–H groups in total. The molecule has 2 aromatic carbocycles. The third-order valence-electron chi connectivity index (χ3n) is 4.18. The van der Waals surface area contributed by atoms with Crippen LogP contribution in [0.15, 0.2) is 75.2 Å². The molecule has 0 atom stereocenters. The van der Waals surface area contributed by atoms with E-state index in [2.05, 4.69) is 20.9 Å². The molecule has 1 heterocycles. The highest BCUT2D eigenvalue weighted by Crippen LogP contribution is 2.37. The van der Waals surface area contributed by atoms with Crippen molar-refractivity contribution < 1.29 is 14.6 Å². The van der Waals surface area contributed by atoms with Gasteiger partial charge in [0.2, 0.25) is 0 Å². The first-order valence-electron chi connectivity index (χ1n) is 9.28. The van der Waals surface area contributed by atoms with Crippen LogP contribution in [0.1, 0.15) is 36.2 Å². The summed E-state index contributed by atoms with van der Waals surface area (Å²) in [7, 11) is 0. The molecule has 0 aliphatic rings. The van der Waals surface area contributed by atoms with Crippen LogP contribution in [0.2, 0.25) is 0 Å². The fourth-order valence-corrected chi connectivity index (χ4v) is 3.98. The standard InChI is InChI=1S/C23H22BrNO3S/c1-15(2)13-20(26)19-7-8-21(22(24)23(19)27)28-14-16-3-5-17(6-4-16)29-18-9-11-25-12-10-18/h3-12,15,27H,13-14H2,1-2H3. The zero-order valence-corrected chi connectivity index (χ0v) is 18.7. The summed E-state index contributed by atoms with van der Waals surface area (Å²) in [5.41, 5.74) is 1.32. The van der Waals surface area contributed by atoms with Crippen LogP contribution >= 0.6 is 27.7 Å². The number of phenols is 1. The van der Waals surface area contributed by atoms with Crippen LogP contribution < -0.4 is 4.74 Å². The molecular weight excluding hydrogens is 450 g/mol. The molecule has 0 amide bonds. The van der Waals surface area contributed by atoms with Crippen molar-refractivity contribution in [2.75, 3.05) is 0 Å². The molecule has 150 valence electrons. The molecule has 0 spiro atoms. The van der Waals surface area contributed by atoms with E-state index in [-0.39, 0.29) is 17.5 Å². The van der Waals surface area contributed by atoms with Gasteiger partial charge in [-0.2, -0.15) is 0 Å². The van der Waals surface area contributed by atoms with Gasteiger partial charge in [0.1, 0.15) is 22.6 Å². The summed E-state index contributed by atoms with van der Waals surface area (Å²) in [5.74, 6) is 0.583. The van der Waals surface area contributed by atoms with Gasteiger partial charge in [0.05, 0.1) is 5.56 Å². The summed E-state index contributed by atoms with van der Waals surface area (Å²) in [6.45, 7) is 4.31. The number of rotatable bonds is 8. The maximum absolute atomic E-state index is 12.3. The van der Waals surface area contributed by atoms with Gasteiger partial charge in [-0.15, -0.1) is 0 Å². The van der Waals surface area contributed by atoms with E-state index in [0.717, 1.165) is 15.4 Å². The van der Waals surface area contributed by atoms with Crippen molar-refractivity contribution in [3.8, 4) is 11.5 Å². The lowest BCUT2D eigenvalue weighted by Gasteiger charge is -2.13. The van der Waals surface area contributed by atoms with Gasteiger partial charge in [-0.05, 0) is 63.8 Å². The number of hydrogen-bond acceptors (Lipinski definition) is 5. The minimum atomic E-state index is -0.0768. The van der Waals surface area contributed by atoms with Gasteiger partial charge >= 0.3 is 0 Å². The normalized spacial score (nSPS) is 10.9. The van der Waals surface area contributed by atoms with Gasteiger partial charge in [0.15, 0.2) is 5.78 Å². The number of ketones is 1. The Morgan fingerprint density at radius 3 is 2.38 bits per heavy atom. The predicted molar refractivity (Wildman–Crippen MR) is 119 cm³/mol. The number of pyridine rings is 1. The lowest BCUT2D eigenvalue weighted by atomic mass is 10.0. The number of hydrogen-bond donors (Lipinski definition) is 1. The maximum Gasteiger partial charge on any atom is 0.166 e. The van der Waals surface area contributed by atoms with Crippen molar-refractivity contribution in [2.45, 2.75) is 36.7 Å². The van der Waals surface area contributed by atoms with Gasteiger partial charge in [-0.25, -0.2) is 0 Å². The maximum atomic E-state index is 12.3. The number of nitrogens with zero attached hydrogens (tertiary/aromatic N) is 1. The minimum absolute atomic E-state index is 0.0720. The molecule has 6 heteroatoms. The molecule has 0 radical (unpaired) electrons. The molecule has 0 aliphatic carbocycles. The number of carbonyl (C=O) groups excluding carboxylic acids is 1. The third kappa shape index (κ3) is 5.84. The average molecular weight is 472 g/mol. The monoisotopic (exact) mass is 471 g/mol. The van der Waals surface area contributed by atoms with E-state index in [4.69, 9.17) is 4.74 Å². The van der Waals surface area contributed by atoms with Crippen LogP contribution in [0.5, 0.6) is 11.5 Å². The number of carbonyl (C=O) groups is 1. The number of phenolic OH excluding ortho intramolecular Hbond substituents is 1. The van der Waals surface area contributed by atoms with Crippen LogP contribution in [0.3, 0.4) is 0 Å². The Balaban J connectivity index is 1.64. The summed E-state index contributed by atoms with van der Waals surface area (Å²) in [6, 6.07) is 15.4. The van der Waals surface area contributed by atoms with E-state index in [9.17, 15) is 9.90 Å². The number of halogens is 1. The van der Waals surface area contributed by atoms with E-state index in [0.29, 0.717) is 28.8 Å². The molecule has 4 nitrogen and oxygen atoms in total. The molecule has 0 aliphatic heterocycles. The summed E-state index contributed by atoms with van der Waals surface area (Å²) in [4.78, 5) is 18.5. The van der Waals surface area contributed by atoms with Crippen molar-refractivity contribution in [3.63, 3.8) is 0 Å². The summed E-state index contributed by atoms with van der Waals surface area (Å²) in [5, 5.41) is 10.4. The molecule has 0 fully saturated rings. The molecule has 3 rings (SSSR count). The zero-order valence-electron chi connectivity index (χ0n) is 16.3. The second-order valence-corrected chi connectivity index (χ2v) is 8.95. The molecule has 29 heavy (non-hydrogen) atoms. The molecule has 3 aromatic rings. The van der Waals surface area contributed by atoms with Gasteiger partial charge < -0.3 is 9.84 Å². The van der Waals surface area contributed by atoms with Gasteiger partial charge in [-0.3, -0.25) is 9.78 Å². The Morgan fingerprint density at radius 1 is 1.07 bits per heavy atom. The highest BCUT2D eigenvalue weighted by Gasteiger charge is 2.18. The minimum Gasteiger partial charge on any atom is -0.506 e. The molecule has 0 unspecified atom stereocenters. The fraction of sp³-hybridized carbons (Fsp3) is 0.217. The SMILES string of the molecule is CC(C)CC(=O)c1ccc(OCc2ccc(Sc3ccncc3)cc2)c(Br)c1O. The van der Waals surface area contributed by atoms with Crippen LogP contribution in [0.25, 0.3) is 0 Å². The first-order chi connectivity index (χ1) is 13.9. The van der Waals surface area contributed by atoms with Crippen molar-refractivity contribution in [1.29, 1.82) is 0 Å². The predicted octanol–water partition coefficient (Wildman–Crippen LogP) is 6.51. The number of benzene rings is 2. The second kappa shape index (κ2) is 9.94. The Morgan fingerprint density at radius 2 is 1.72 bits per heavy atom. The van der Waals surface area contributed by atoms with Gasteiger partial charge in [0, 0.05) is 28.6 Å². The average Bonchev–Trinajstić information content (AvgIpc) is 2.70. The second-order valence-electron chi connectivity index (χ2n) is 7.01. The van der Waals surface area contributed by atoms with Crippen molar-refractivity contribution in [3.05, 3.63) is 76.5 Å². The Labute approximate surface area is 183 Å². The fourth-order valence-electron chi connectivity index (χ4n) is 2.72. The van der Waals surface area contributed by atoms with E-state index in [1.54, 1.807) is 36.3 Å². The summed E-state index contributed by atoms with van der Waals surface area (Å²) in [6.07, 6.45) is 3.95. The Hall–Kier alpha value is -2.31.